The van der Waals surface area contributed by atoms with Crippen molar-refractivity contribution in [1.29, 1.82) is 5.26 Å². The minimum Gasteiger partial charge on any atom is -0.305 e. The predicted octanol–water partition coefficient (Wildman–Crippen LogP) is 2.95. The molecule has 1 unspecified atom stereocenters. The molecule has 1 rings (SSSR count). The molecular formula is C13H24N2. The summed E-state index contributed by atoms with van der Waals surface area (Å²) >= 11 is 0. The molecule has 0 bridgehead atoms. The zero-order valence-electron chi connectivity index (χ0n) is 10.5. The standard InChI is InChI=1S/C13H24N2/c1-13(2,3)11-7-5-10(6-8-11)12(9-14)15-4/h10-12,15H,5-8H2,1-4H3. The molecule has 0 aromatic heterocycles. The second-order valence-corrected chi connectivity index (χ2v) is 5.87. The molecule has 1 aliphatic rings. The fraction of sp³-hybridized carbons (Fsp3) is 0.923. The summed E-state index contributed by atoms with van der Waals surface area (Å²) in [4.78, 5) is 0. The smallest absolute Gasteiger partial charge is 0.0979 e. The molecular weight excluding hydrogens is 184 g/mol. The van der Waals surface area contributed by atoms with E-state index < -0.39 is 0 Å². The topological polar surface area (TPSA) is 35.8 Å². The normalized spacial score (nSPS) is 29.5. The van der Waals surface area contributed by atoms with Gasteiger partial charge in [-0.25, -0.2) is 0 Å². The van der Waals surface area contributed by atoms with Crippen LogP contribution in [0.25, 0.3) is 0 Å². The summed E-state index contributed by atoms with van der Waals surface area (Å²) in [5.41, 5.74) is 0.437. The van der Waals surface area contributed by atoms with Crippen molar-refractivity contribution >= 4 is 0 Å². The van der Waals surface area contributed by atoms with E-state index in [9.17, 15) is 0 Å². The summed E-state index contributed by atoms with van der Waals surface area (Å²) in [7, 11) is 1.89. The van der Waals surface area contributed by atoms with Crippen molar-refractivity contribution in [3.8, 4) is 6.07 Å². The Morgan fingerprint density at radius 2 is 1.73 bits per heavy atom. The molecule has 0 aromatic rings. The van der Waals surface area contributed by atoms with Gasteiger partial charge in [-0.05, 0) is 50.0 Å². The fourth-order valence-electron chi connectivity index (χ4n) is 2.72. The molecule has 0 aliphatic heterocycles. The average Bonchev–Trinajstić information content (AvgIpc) is 2.19. The first kappa shape index (κ1) is 12.5. The first-order valence-electron chi connectivity index (χ1n) is 6.06. The van der Waals surface area contributed by atoms with E-state index in [1.807, 2.05) is 7.05 Å². The lowest BCUT2D eigenvalue weighted by Crippen LogP contribution is -2.36. The zero-order chi connectivity index (χ0) is 11.5. The summed E-state index contributed by atoms with van der Waals surface area (Å²) < 4.78 is 0. The highest BCUT2D eigenvalue weighted by molar-refractivity contribution is 4.96. The SMILES string of the molecule is CNC(C#N)C1CCC(C(C)(C)C)CC1. The van der Waals surface area contributed by atoms with Crippen LogP contribution in [0.2, 0.25) is 0 Å². The summed E-state index contributed by atoms with van der Waals surface area (Å²) in [6, 6.07) is 2.42. The van der Waals surface area contributed by atoms with Gasteiger partial charge in [0.1, 0.15) is 0 Å². The molecule has 0 heterocycles. The number of hydrogen-bond acceptors (Lipinski definition) is 2. The quantitative estimate of drug-likeness (QED) is 0.757. The van der Waals surface area contributed by atoms with E-state index >= 15 is 0 Å². The van der Waals surface area contributed by atoms with Crippen molar-refractivity contribution in [1.82, 2.24) is 5.32 Å². The molecule has 0 radical (unpaired) electrons. The van der Waals surface area contributed by atoms with Crippen molar-refractivity contribution in [2.24, 2.45) is 17.3 Å². The molecule has 1 atom stereocenters. The zero-order valence-corrected chi connectivity index (χ0v) is 10.5. The van der Waals surface area contributed by atoms with Gasteiger partial charge in [0.15, 0.2) is 0 Å². The number of nitrogens with zero attached hydrogens (tertiary/aromatic N) is 1. The van der Waals surface area contributed by atoms with Crippen LogP contribution in [0.5, 0.6) is 0 Å². The third kappa shape index (κ3) is 3.21. The van der Waals surface area contributed by atoms with E-state index in [2.05, 4.69) is 32.2 Å². The third-order valence-corrected chi connectivity index (χ3v) is 3.92. The van der Waals surface area contributed by atoms with Crippen LogP contribution in [0.1, 0.15) is 46.5 Å². The second kappa shape index (κ2) is 4.99. The van der Waals surface area contributed by atoms with Gasteiger partial charge in [-0.3, -0.25) is 0 Å². The molecule has 1 aliphatic carbocycles. The van der Waals surface area contributed by atoms with Gasteiger partial charge in [0.2, 0.25) is 0 Å². The lowest BCUT2D eigenvalue weighted by atomic mass is 9.68. The van der Waals surface area contributed by atoms with Crippen LogP contribution in [0.3, 0.4) is 0 Å². The van der Waals surface area contributed by atoms with Crippen LogP contribution < -0.4 is 5.32 Å². The molecule has 0 aromatic carbocycles. The Labute approximate surface area is 94.1 Å². The van der Waals surface area contributed by atoms with Crippen molar-refractivity contribution in [3.63, 3.8) is 0 Å². The highest BCUT2D eigenvalue weighted by Gasteiger charge is 2.32. The number of nitriles is 1. The fourth-order valence-corrected chi connectivity index (χ4v) is 2.72. The molecule has 86 valence electrons. The highest BCUT2D eigenvalue weighted by atomic mass is 14.9. The lowest BCUT2D eigenvalue weighted by Gasteiger charge is -2.38. The Balaban J connectivity index is 2.46. The van der Waals surface area contributed by atoms with E-state index in [1.54, 1.807) is 0 Å². The molecule has 2 heteroatoms. The van der Waals surface area contributed by atoms with Gasteiger partial charge in [-0.2, -0.15) is 5.26 Å². The molecule has 15 heavy (non-hydrogen) atoms. The monoisotopic (exact) mass is 208 g/mol. The maximum Gasteiger partial charge on any atom is 0.0979 e. The van der Waals surface area contributed by atoms with Crippen molar-refractivity contribution < 1.29 is 0 Å². The maximum absolute atomic E-state index is 8.99. The molecule has 2 nitrogen and oxygen atoms in total. The molecule has 0 spiro atoms. The molecule has 1 N–H and O–H groups in total. The Bertz CT molecular complexity index is 226. The van der Waals surface area contributed by atoms with Gasteiger partial charge >= 0.3 is 0 Å². The van der Waals surface area contributed by atoms with Crippen LogP contribution in [-0.2, 0) is 0 Å². The largest absolute Gasteiger partial charge is 0.305 e. The van der Waals surface area contributed by atoms with Gasteiger partial charge in [-0.1, -0.05) is 20.8 Å². The third-order valence-electron chi connectivity index (χ3n) is 3.92. The minimum absolute atomic E-state index is 0.0610. The van der Waals surface area contributed by atoms with Gasteiger partial charge in [0, 0.05) is 0 Å². The maximum atomic E-state index is 8.99. The van der Waals surface area contributed by atoms with E-state index in [0.717, 1.165) is 5.92 Å². The summed E-state index contributed by atoms with van der Waals surface area (Å²) in [5, 5.41) is 12.1. The van der Waals surface area contributed by atoms with Crippen molar-refractivity contribution in [2.45, 2.75) is 52.5 Å². The minimum atomic E-state index is 0.0610. The number of hydrogen-bond donors (Lipinski definition) is 1. The Morgan fingerprint density at radius 3 is 2.07 bits per heavy atom. The predicted molar refractivity (Wildman–Crippen MR) is 63.4 cm³/mol. The van der Waals surface area contributed by atoms with Crippen molar-refractivity contribution in [2.75, 3.05) is 7.05 Å². The van der Waals surface area contributed by atoms with Crippen LogP contribution >= 0.6 is 0 Å². The van der Waals surface area contributed by atoms with Gasteiger partial charge in [-0.15, -0.1) is 0 Å². The lowest BCUT2D eigenvalue weighted by molar-refractivity contribution is 0.142. The summed E-state index contributed by atoms with van der Waals surface area (Å²) in [6.07, 6.45) is 4.99. The second-order valence-electron chi connectivity index (χ2n) is 5.87. The van der Waals surface area contributed by atoms with Gasteiger partial charge in [0.05, 0.1) is 12.1 Å². The van der Waals surface area contributed by atoms with Crippen molar-refractivity contribution in [3.05, 3.63) is 0 Å². The van der Waals surface area contributed by atoms with Crippen LogP contribution in [0.4, 0.5) is 0 Å². The first-order chi connectivity index (χ1) is 6.99. The highest BCUT2D eigenvalue weighted by Crippen LogP contribution is 2.40. The van der Waals surface area contributed by atoms with E-state index in [0.29, 0.717) is 11.3 Å². The van der Waals surface area contributed by atoms with Gasteiger partial charge < -0.3 is 5.32 Å². The summed E-state index contributed by atoms with van der Waals surface area (Å²) in [6.45, 7) is 6.99. The van der Waals surface area contributed by atoms with Gasteiger partial charge in [0.25, 0.3) is 0 Å². The van der Waals surface area contributed by atoms with Crippen LogP contribution in [-0.4, -0.2) is 13.1 Å². The molecule has 0 saturated heterocycles. The Morgan fingerprint density at radius 1 is 1.20 bits per heavy atom. The molecule has 0 amide bonds. The van der Waals surface area contributed by atoms with E-state index in [4.69, 9.17) is 5.26 Å². The molecule has 1 fully saturated rings. The average molecular weight is 208 g/mol. The van der Waals surface area contributed by atoms with E-state index in [-0.39, 0.29) is 6.04 Å². The summed E-state index contributed by atoms with van der Waals surface area (Å²) in [5.74, 6) is 1.41. The number of rotatable bonds is 2. The Kier molecular flexibility index (Phi) is 4.16. The van der Waals surface area contributed by atoms with Crippen LogP contribution in [0, 0.1) is 28.6 Å². The first-order valence-corrected chi connectivity index (χ1v) is 6.06. The van der Waals surface area contributed by atoms with Crippen LogP contribution in [0.15, 0.2) is 0 Å². The number of nitrogens with one attached hydrogen (secondary N) is 1. The Hall–Kier alpha value is -0.550. The van der Waals surface area contributed by atoms with E-state index in [1.165, 1.54) is 25.7 Å². The molecule has 1 saturated carbocycles.